The molecule has 1 aliphatic rings. The third kappa shape index (κ3) is 4.03. The molecule has 1 atom stereocenters. The van der Waals surface area contributed by atoms with Crippen molar-refractivity contribution >= 4 is 17.3 Å². The van der Waals surface area contributed by atoms with E-state index in [9.17, 15) is 0 Å². The van der Waals surface area contributed by atoms with E-state index in [1.165, 1.54) is 6.42 Å². The molecule has 1 saturated heterocycles. The van der Waals surface area contributed by atoms with Crippen LogP contribution in [-0.4, -0.2) is 33.3 Å². The van der Waals surface area contributed by atoms with Gasteiger partial charge in [-0.3, -0.25) is 0 Å². The SMILES string of the molecule is COc1ccc(Cl)c(N2CCC(CNCC(C)C)C2)c1. The summed E-state index contributed by atoms with van der Waals surface area (Å²) < 4.78 is 5.29. The van der Waals surface area contributed by atoms with E-state index in [2.05, 4.69) is 24.1 Å². The van der Waals surface area contributed by atoms with E-state index >= 15 is 0 Å². The Kier molecular flexibility index (Phi) is 5.55. The van der Waals surface area contributed by atoms with Crippen LogP contribution < -0.4 is 15.0 Å². The van der Waals surface area contributed by atoms with Gasteiger partial charge in [0.2, 0.25) is 0 Å². The molecule has 1 unspecified atom stereocenters. The summed E-state index contributed by atoms with van der Waals surface area (Å²) in [4.78, 5) is 2.37. The molecule has 1 N–H and O–H groups in total. The lowest BCUT2D eigenvalue weighted by molar-refractivity contribution is 0.415. The van der Waals surface area contributed by atoms with Gasteiger partial charge in [0, 0.05) is 19.2 Å². The van der Waals surface area contributed by atoms with Crippen molar-refractivity contribution in [2.24, 2.45) is 11.8 Å². The maximum absolute atomic E-state index is 6.31. The normalized spacial score (nSPS) is 18.9. The van der Waals surface area contributed by atoms with Crippen LogP contribution in [0.25, 0.3) is 0 Å². The third-order valence-electron chi connectivity index (χ3n) is 3.77. The first-order valence-corrected chi connectivity index (χ1v) is 7.77. The Morgan fingerprint density at radius 3 is 2.95 bits per heavy atom. The molecule has 3 nitrogen and oxygen atoms in total. The van der Waals surface area contributed by atoms with Gasteiger partial charge in [-0.05, 0) is 43.5 Å². The fraction of sp³-hybridized carbons (Fsp3) is 0.625. The largest absolute Gasteiger partial charge is 0.497 e. The molecule has 0 aliphatic carbocycles. The van der Waals surface area contributed by atoms with Gasteiger partial charge in [0.15, 0.2) is 0 Å². The van der Waals surface area contributed by atoms with Gasteiger partial charge in [-0.2, -0.15) is 0 Å². The quantitative estimate of drug-likeness (QED) is 0.870. The number of nitrogens with one attached hydrogen (secondary N) is 1. The Labute approximate surface area is 127 Å². The Balaban J connectivity index is 1.92. The van der Waals surface area contributed by atoms with Crippen LogP contribution in [0.3, 0.4) is 0 Å². The van der Waals surface area contributed by atoms with Crippen LogP contribution in [0.2, 0.25) is 5.02 Å². The molecule has 0 saturated carbocycles. The molecule has 1 aliphatic heterocycles. The Bertz CT molecular complexity index is 436. The first-order valence-electron chi connectivity index (χ1n) is 7.39. The molecule has 1 aromatic rings. The lowest BCUT2D eigenvalue weighted by Crippen LogP contribution is -2.28. The van der Waals surface area contributed by atoms with Gasteiger partial charge in [-0.15, -0.1) is 0 Å². The van der Waals surface area contributed by atoms with E-state index in [1.54, 1.807) is 7.11 Å². The average molecular weight is 297 g/mol. The van der Waals surface area contributed by atoms with E-state index < -0.39 is 0 Å². The molecule has 1 aromatic carbocycles. The summed E-state index contributed by atoms with van der Waals surface area (Å²) in [7, 11) is 1.69. The zero-order valence-corrected chi connectivity index (χ0v) is 13.4. The topological polar surface area (TPSA) is 24.5 Å². The van der Waals surface area contributed by atoms with Crippen molar-refractivity contribution in [1.29, 1.82) is 0 Å². The van der Waals surface area contributed by atoms with Gasteiger partial charge >= 0.3 is 0 Å². The molecule has 0 radical (unpaired) electrons. The molecule has 4 heteroatoms. The van der Waals surface area contributed by atoms with Crippen LogP contribution in [0.4, 0.5) is 5.69 Å². The molecule has 0 amide bonds. The van der Waals surface area contributed by atoms with Crippen LogP contribution in [0.5, 0.6) is 5.75 Å². The maximum Gasteiger partial charge on any atom is 0.121 e. The fourth-order valence-corrected chi connectivity index (χ4v) is 2.89. The van der Waals surface area contributed by atoms with Crippen molar-refractivity contribution in [1.82, 2.24) is 5.32 Å². The maximum atomic E-state index is 6.31. The van der Waals surface area contributed by atoms with Crippen molar-refractivity contribution in [3.05, 3.63) is 23.2 Å². The smallest absolute Gasteiger partial charge is 0.121 e. The number of ether oxygens (including phenoxy) is 1. The highest BCUT2D eigenvalue weighted by molar-refractivity contribution is 6.33. The fourth-order valence-electron chi connectivity index (χ4n) is 2.66. The number of halogens is 1. The summed E-state index contributed by atoms with van der Waals surface area (Å²) in [5.74, 6) is 2.28. The van der Waals surface area contributed by atoms with Crippen molar-refractivity contribution < 1.29 is 4.74 Å². The van der Waals surface area contributed by atoms with Crippen LogP contribution >= 0.6 is 11.6 Å². The third-order valence-corrected chi connectivity index (χ3v) is 4.09. The molecule has 0 spiro atoms. The van der Waals surface area contributed by atoms with Gasteiger partial charge in [0.05, 0.1) is 17.8 Å². The monoisotopic (exact) mass is 296 g/mol. The summed E-state index contributed by atoms with van der Waals surface area (Å²) in [6.07, 6.45) is 1.22. The van der Waals surface area contributed by atoms with E-state index in [4.69, 9.17) is 16.3 Å². The second-order valence-corrected chi connectivity index (χ2v) is 6.38. The van der Waals surface area contributed by atoms with E-state index in [1.807, 2.05) is 18.2 Å². The zero-order chi connectivity index (χ0) is 14.5. The summed E-state index contributed by atoms with van der Waals surface area (Å²) in [6, 6.07) is 5.86. The van der Waals surface area contributed by atoms with Gasteiger partial charge in [0.1, 0.15) is 5.75 Å². The lowest BCUT2D eigenvalue weighted by Gasteiger charge is -2.21. The van der Waals surface area contributed by atoms with Gasteiger partial charge in [0.25, 0.3) is 0 Å². The van der Waals surface area contributed by atoms with Gasteiger partial charge < -0.3 is 15.0 Å². The second kappa shape index (κ2) is 7.19. The van der Waals surface area contributed by atoms with Gasteiger partial charge in [-0.25, -0.2) is 0 Å². The molecule has 2 rings (SSSR count). The number of hydrogen-bond acceptors (Lipinski definition) is 3. The van der Waals surface area contributed by atoms with Crippen LogP contribution in [0.1, 0.15) is 20.3 Å². The minimum absolute atomic E-state index is 0.705. The van der Waals surface area contributed by atoms with Crippen molar-refractivity contribution in [3.63, 3.8) is 0 Å². The van der Waals surface area contributed by atoms with E-state index in [-0.39, 0.29) is 0 Å². The van der Waals surface area contributed by atoms with Crippen molar-refractivity contribution in [3.8, 4) is 5.75 Å². The molecule has 0 bridgehead atoms. The second-order valence-electron chi connectivity index (χ2n) is 5.97. The number of nitrogens with zero attached hydrogens (tertiary/aromatic N) is 1. The summed E-state index contributed by atoms with van der Waals surface area (Å²) >= 11 is 6.31. The highest BCUT2D eigenvalue weighted by atomic mass is 35.5. The van der Waals surface area contributed by atoms with Crippen LogP contribution in [0, 0.1) is 11.8 Å². The van der Waals surface area contributed by atoms with E-state index in [0.717, 1.165) is 42.6 Å². The first-order chi connectivity index (χ1) is 9.60. The summed E-state index contributed by atoms with van der Waals surface area (Å²) in [5.41, 5.74) is 1.09. The highest BCUT2D eigenvalue weighted by Crippen LogP contribution is 2.33. The standard InChI is InChI=1S/C16H25ClN2O/c1-12(2)9-18-10-13-6-7-19(11-13)16-8-14(20-3)4-5-15(16)17/h4-5,8,12-13,18H,6-7,9-11H2,1-3H3. The highest BCUT2D eigenvalue weighted by Gasteiger charge is 2.24. The number of anilines is 1. The van der Waals surface area contributed by atoms with Crippen LogP contribution in [-0.2, 0) is 0 Å². The predicted octanol–water partition coefficient (Wildman–Crippen LogP) is 3.42. The molecule has 0 aromatic heterocycles. The number of hydrogen-bond donors (Lipinski definition) is 1. The van der Waals surface area contributed by atoms with Crippen LogP contribution in [0.15, 0.2) is 18.2 Å². The molecule has 20 heavy (non-hydrogen) atoms. The van der Waals surface area contributed by atoms with Crippen molar-refractivity contribution in [2.45, 2.75) is 20.3 Å². The van der Waals surface area contributed by atoms with E-state index in [0.29, 0.717) is 11.8 Å². The number of rotatable bonds is 6. The average Bonchev–Trinajstić information content (AvgIpc) is 2.87. The predicted molar refractivity (Wildman–Crippen MR) is 86.0 cm³/mol. The molecule has 1 fully saturated rings. The Morgan fingerprint density at radius 1 is 1.45 bits per heavy atom. The molecular formula is C16H25ClN2O. The zero-order valence-electron chi connectivity index (χ0n) is 12.7. The summed E-state index contributed by atoms with van der Waals surface area (Å²) in [5, 5.41) is 4.36. The molecule has 1 heterocycles. The minimum Gasteiger partial charge on any atom is -0.497 e. The first kappa shape index (κ1) is 15.5. The summed E-state index contributed by atoms with van der Waals surface area (Å²) in [6.45, 7) is 8.81. The lowest BCUT2D eigenvalue weighted by atomic mass is 10.1. The number of benzene rings is 1. The van der Waals surface area contributed by atoms with Gasteiger partial charge in [-0.1, -0.05) is 25.4 Å². The molecule has 112 valence electrons. The van der Waals surface area contributed by atoms with Crippen molar-refractivity contribution in [2.75, 3.05) is 38.2 Å². The number of methoxy groups -OCH3 is 1. The Morgan fingerprint density at radius 2 is 2.25 bits per heavy atom. The Hall–Kier alpha value is -0.930. The minimum atomic E-state index is 0.705. The molecular weight excluding hydrogens is 272 g/mol.